The van der Waals surface area contributed by atoms with E-state index in [2.05, 4.69) is 15.5 Å². The van der Waals surface area contributed by atoms with Gasteiger partial charge in [-0.25, -0.2) is 0 Å². The van der Waals surface area contributed by atoms with Crippen molar-refractivity contribution in [1.82, 2.24) is 15.5 Å². The number of morpholine rings is 1. The molecule has 0 aliphatic carbocycles. The zero-order chi connectivity index (χ0) is 12.0. The summed E-state index contributed by atoms with van der Waals surface area (Å²) >= 11 is 0. The van der Waals surface area contributed by atoms with E-state index in [9.17, 15) is 4.79 Å². The van der Waals surface area contributed by atoms with E-state index in [1.165, 1.54) is 0 Å². The number of nitrogens with zero attached hydrogens (tertiary/aromatic N) is 1. The number of nitrogens with one attached hydrogen (secondary N) is 2. The van der Waals surface area contributed by atoms with Crippen molar-refractivity contribution in [2.24, 2.45) is 0 Å². The quantitative estimate of drug-likeness (QED) is 0.663. The second-order valence-corrected chi connectivity index (χ2v) is 4.51. The highest BCUT2D eigenvalue weighted by molar-refractivity contribution is 5.78. The van der Waals surface area contributed by atoms with Gasteiger partial charge in [-0.15, -0.1) is 0 Å². The Kier molecular flexibility index (Phi) is 5.73. The van der Waals surface area contributed by atoms with Gasteiger partial charge in [-0.05, 0) is 20.9 Å². The molecular weight excluding hydrogens is 206 g/mol. The van der Waals surface area contributed by atoms with Gasteiger partial charge in [0.15, 0.2) is 0 Å². The van der Waals surface area contributed by atoms with E-state index in [0.29, 0.717) is 13.2 Å². The van der Waals surface area contributed by atoms with Gasteiger partial charge in [0.05, 0.1) is 19.3 Å². The summed E-state index contributed by atoms with van der Waals surface area (Å²) in [5.74, 6) is 0.0973. The molecule has 1 aliphatic heterocycles. The molecule has 16 heavy (non-hydrogen) atoms. The largest absolute Gasteiger partial charge is 0.374 e. The summed E-state index contributed by atoms with van der Waals surface area (Å²) in [4.78, 5) is 13.7. The number of ether oxygens (including phenoxy) is 1. The minimum Gasteiger partial charge on any atom is -0.374 e. The van der Waals surface area contributed by atoms with Crippen molar-refractivity contribution in [3.63, 3.8) is 0 Å². The van der Waals surface area contributed by atoms with Gasteiger partial charge in [-0.1, -0.05) is 0 Å². The first kappa shape index (κ1) is 13.4. The van der Waals surface area contributed by atoms with Crippen LogP contribution in [0.15, 0.2) is 0 Å². The maximum atomic E-state index is 11.6. The van der Waals surface area contributed by atoms with Crippen LogP contribution in [0.2, 0.25) is 0 Å². The smallest absolute Gasteiger partial charge is 0.234 e. The average Bonchev–Trinajstić information content (AvgIpc) is 2.17. The van der Waals surface area contributed by atoms with Crippen LogP contribution in [0.4, 0.5) is 0 Å². The first-order valence-corrected chi connectivity index (χ1v) is 5.89. The third-order valence-electron chi connectivity index (χ3n) is 2.47. The lowest BCUT2D eigenvalue weighted by Gasteiger charge is -2.32. The van der Waals surface area contributed by atoms with Crippen molar-refractivity contribution in [1.29, 1.82) is 0 Å². The zero-order valence-corrected chi connectivity index (χ0v) is 10.5. The van der Waals surface area contributed by atoms with Crippen LogP contribution in [0.25, 0.3) is 0 Å². The molecule has 0 saturated carbocycles. The van der Waals surface area contributed by atoms with Crippen LogP contribution in [0.5, 0.6) is 0 Å². The fourth-order valence-electron chi connectivity index (χ4n) is 1.85. The number of rotatable bonds is 5. The SMILES string of the molecule is CNCC1CN(CC(=O)NC(C)C)CCO1. The van der Waals surface area contributed by atoms with E-state index in [-0.39, 0.29) is 18.1 Å². The Balaban J connectivity index is 2.28. The van der Waals surface area contributed by atoms with Crippen LogP contribution >= 0.6 is 0 Å². The van der Waals surface area contributed by atoms with E-state index in [4.69, 9.17) is 4.74 Å². The molecule has 1 saturated heterocycles. The second-order valence-electron chi connectivity index (χ2n) is 4.51. The number of carbonyl (C=O) groups excluding carboxylic acids is 1. The molecule has 1 rings (SSSR count). The van der Waals surface area contributed by atoms with Gasteiger partial charge >= 0.3 is 0 Å². The predicted octanol–water partition coefficient (Wildman–Crippen LogP) is -0.569. The number of amides is 1. The molecule has 0 aromatic heterocycles. The predicted molar refractivity (Wildman–Crippen MR) is 63.4 cm³/mol. The van der Waals surface area contributed by atoms with E-state index in [1.54, 1.807) is 0 Å². The first-order valence-electron chi connectivity index (χ1n) is 5.89. The molecule has 1 aliphatic rings. The molecule has 0 aromatic carbocycles. The highest BCUT2D eigenvalue weighted by Crippen LogP contribution is 2.03. The minimum atomic E-state index is 0.0973. The molecule has 1 amide bonds. The topological polar surface area (TPSA) is 53.6 Å². The first-order chi connectivity index (χ1) is 7.61. The van der Waals surface area contributed by atoms with Gasteiger partial charge in [0.2, 0.25) is 5.91 Å². The third-order valence-corrected chi connectivity index (χ3v) is 2.47. The van der Waals surface area contributed by atoms with Crippen LogP contribution in [0, 0.1) is 0 Å². The van der Waals surface area contributed by atoms with Crippen molar-refractivity contribution in [2.45, 2.75) is 26.0 Å². The Morgan fingerprint density at radius 3 is 2.94 bits per heavy atom. The van der Waals surface area contributed by atoms with Crippen molar-refractivity contribution in [2.75, 3.05) is 39.8 Å². The van der Waals surface area contributed by atoms with Crippen LogP contribution < -0.4 is 10.6 Å². The van der Waals surface area contributed by atoms with Crippen molar-refractivity contribution in [3.05, 3.63) is 0 Å². The fourth-order valence-corrected chi connectivity index (χ4v) is 1.85. The molecule has 0 radical (unpaired) electrons. The molecular formula is C11H23N3O2. The number of hydrogen-bond acceptors (Lipinski definition) is 4. The maximum Gasteiger partial charge on any atom is 0.234 e. The average molecular weight is 229 g/mol. The van der Waals surface area contributed by atoms with Crippen molar-refractivity contribution in [3.8, 4) is 0 Å². The van der Waals surface area contributed by atoms with Crippen LogP contribution in [-0.2, 0) is 9.53 Å². The Labute approximate surface area is 97.5 Å². The summed E-state index contributed by atoms with van der Waals surface area (Å²) in [7, 11) is 1.91. The van der Waals surface area contributed by atoms with Gasteiger partial charge in [-0.2, -0.15) is 0 Å². The molecule has 1 fully saturated rings. The lowest BCUT2D eigenvalue weighted by Crippen LogP contribution is -2.50. The Morgan fingerprint density at radius 1 is 1.56 bits per heavy atom. The van der Waals surface area contributed by atoms with E-state index >= 15 is 0 Å². The van der Waals surface area contributed by atoms with Gasteiger partial charge in [0, 0.05) is 25.7 Å². The van der Waals surface area contributed by atoms with Gasteiger partial charge in [0.1, 0.15) is 0 Å². The van der Waals surface area contributed by atoms with Crippen molar-refractivity contribution >= 4 is 5.91 Å². The van der Waals surface area contributed by atoms with E-state index < -0.39 is 0 Å². The van der Waals surface area contributed by atoms with Gasteiger partial charge in [0.25, 0.3) is 0 Å². The summed E-state index contributed by atoms with van der Waals surface area (Å²) in [5, 5.41) is 5.99. The summed E-state index contributed by atoms with van der Waals surface area (Å²) in [6.45, 7) is 7.63. The third kappa shape index (κ3) is 4.92. The summed E-state index contributed by atoms with van der Waals surface area (Å²) in [6, 6.07) is 0.210. The summed E-state index contributed by atoms with van der Waals surface area (Å²) in [5.41, 5.74) is 0. The fraction of sp³-hybridized carbons (Fsp3) is 0.909. The molecule has 5 heteroatoms. The molecule has 94 valence electrons. The number of likely N-dealkylation sites (N-methyl/N-ethyl adjacent to an activating group) is 1. The monoisotopic (exact) mass is 229 g/mol. The minimum absolute atomic E-state index is 0.0973. The zero-order valence-electron chi connectivity index (χ0n) is 10.5. The van der Waals surface area contributed by atoms with Crippen LogP contribution in [0.1, 0.15) is 13.8 Å². The molecule has 2 N–H and O–H groups in total. The molecule has 1 heterocycles. The second kappa shape index (κ2) is 6.83. The lowest BCUT2D eigenvalue weighted by molar-refractivity contribution is -0.124. The Hall–Kier alpha value is -0.650. The standard InChI is InChI=1S/C11H23N3O2/c1-9(2)13-11(15)8-14-4-5-16-10(7-14)6-12-3/h9-10,12H,4-8H2,1-3H3,(H,13,15). The maximum absolute atomic E-state index is 11.6. The van der Waals surface area contributed by atoms with Gasteiger partial charge in [-0.3, -0.25) is 9.69 Å². The highest BCUT2D eigenvalue weighted by Gasteiger charge is 2.21. The molecule has 5 nitrogen and oxygen atoms in total. The Morgan fingerprint density at radius 2 is 2.31 bits per heavy atom. The molecule has 1 unspecified atom stereocenters. The van der Waals surface area contributed by atoms with Crippen LogP contribution in [-0.4, -0.2) is 62.8 Å². The highest BCUT2D eigenvalue weighted by atomic mass is 16.5. The van der Waals surface area contributed by atoms with E-state index in [0.717, 1.165) is 19.6 Å². The molecule has 0 bridgehead atoms. The lowest BCUT2D eigenvalue weighted by atomic mass is 10.2. The molecule has 0 aromatic rings. The van der Waals surface area contributed by atoms with Crippen LogP contribution in [0.3, 0.4) is 0 Å². The number of hydrogen-bond donors (Lipinski definition) is 2. The van der Waals surface area contributed by atoms with E-state index in [1.807, 2.05) is 20.9 Å². The molecule has 1 atom stereocenters. The number of carbonyl (C=O) groups is 1. The summed E-state index contributed by atoms with van der Waals surface area (Å²) in [6.07, 6.45) is 0.200. The molecule has 0 spiro atoms. The normalized spacial score (nSPS) is 22.4. The summed E-state index contributed by atoms with van der Waals surface area (Å²) < 4.78 is 5.58. The van der Waals surface area contributed by atoms with Crippen molar-refractivity contribution < 1.29 is 9.53 Å². The van der Waals surface area contributed by atoms with Gasteiger partial charge < -0.3 is 15.4 Å². The Bertz CT molecular complexity index is 219.